The summed E-state index contributed by atoms with van der Waals surface area (Å²) in [6.07, 6.45) is -0.574. The highest BCUT2D eigenvalue weighted by atomic mass is 16.6. The molecule has 156 valence electrons. The third-order valence-electron chi connectivity index (χ3n) is 3.71. The number of imide groups is 1. The first-order chi connectivity index (χ1) is 13.2. The zero-order valence-corrected chi connectivity index (χ0v) is 17.0. The fraction of sp³-hybridized carbons (Fsp3) is 0.550. The highest BCUT2D eigenvalue weighted by Crippen LogP contribution is 2.18. The number of ether oxygens (including phenoxy) is 3. The van der Waals surface area contributed by atoms with E-state index in [9.17, 15) is 14.4 Å². The Balaban J connectivity index is 3.04. The van der Waals surface area contributed by atoms with Gasteiger partial charge in [0.2, 0.25) is 0 Å². The number of hydrogen-bond donors (Lipinski definition) is 1. The van der Waals surface area contributed by atoms with Gasteiger partial charge in [0.25, 0.3) is 0 Å². The number of benzene rings is 1. The molecule has 0 aliphatic rings. The van der Waals surface area contributed by atoms with Gasteiger partial charge in [0, 0.05) is 0 Å². The Bertz CT molecular complexity index is 642. The van der Waals surface area contributed by atoms with E-state index >= 15 is 0 Å². The topological polar surface area (TPSA) is 108 Å². The molecule has 1 unspecified atom stereocenters. The number of nitrogens with zero attached hydrogens (tertiary/aromatic N) is 1. The molecule has 2 N–H and O–H groups in total. The summed E-state index contributed by atoms with van der Waals surface area (Å²) in [7, 11) is 1.20. The fourth-order valence-electron chi connectivity index (χ4n) is 2.40. The monoisotopic (exact) mass is 394 g/mol. The van der Waals surface area contributed by atoms with Crippen LogP contribution < -0.4 is 5.73 Å². The van der Waals surface area contributed by atoms with Crippen LogP contribution in [0.5, 0.6) is 0 Å². The number of amides is 2. The summed E-state index contributed by atoms with van der Waals surface area (Å²) in [6.45, 7) is 5.38. The second-order valence-corrected chi connectivity index (χ2v) is 7.21. The van der Waals surface area contributed by atoms with Crippen molar-refractivity contribution >= 4 is 18.2 Å². The van der Waals surface area contributed by atoms with Crippen molar-refractivity contribution in [3.63, 3.8) is 0 Å². The molecule has 0 aromatic heterocycles. The Hall–Kier alpha value is -2.61. The zero-order valence-electron chi connectivity index (χ0n) is 17.0. The first-order valence-electron chi connectivity index (χ1n) is 9.20. The number of rotatable bonds is 8. The third kappa shape index (κ3) is 7.96. The molecule has 0 fully saturated rings. The van der Waals surface area contributed by atoms with Gasteiger partial charge in [-0.25, -0.2) is 14.4 Å². The molecule has 0 saturated heterocycles. The van der Waals surface area contributed by atoms with Gasteiger partial charge in [0.15, 0.2) is 0 Å². The highest BCUT2D eigenvalue weighted by molar-refractivity contribution is 5.94. The second kappa shape index (κ2) is 11.3. The van der Waals surface area contributed by atoms with Gasteiger partial charge >= 0.3 is 18.2 Å². The lowest BCUT2D eigenvalue weighted by atomic mass is 10.1. The van der Waals surface area contributed by atoms with E-state index < -0.39 is 29.8 Å². The predicted molar refractivity (Wildman–Crippen MR) is 103 cm³/mol. The molecule has 0 heterocycles. The minimum atomic E-state index is -1.16. The van der Waals surface area contributed by atoms with E-state index in [1.54, 1.807) is 45.0 Å². The molecule has 2 amide bonds. The number of carbonyl (C=O) groups is 3. The van der Waals surface area contributed by atoms with Crippen LogP contribution in [-0.4, -0.2) is 48.4 Å². The average molecular weight is 394 g/mol. The summed E-state index contributed by atoms with van der Waals surface area (Å²) >= 11 is 0. The Morgan fingerprint density at radius 1 is 1.07 bits per heavy atom. The molecule has 8 heteroatoms. The average Bonchev–Trinajstić information content (AvgIpc) is 2.64. The van der Waals surface area contributed by atoms with Crippen LogP contribution in [0.1, 0.15) is 45.6 Å². The fourth-order valence-corrected chi connectivity index (χ4v) is 2.40. The summed E-state index contributed by atoms with van der Waals surface area (Å²) < 4.78 is 15.4. The quantitative estimate of drug-likeness (QED) is 0.410. The van der Waals surface area contributed by atoms with Crippen molar-refractivity contribution in [2.75, 3.05) is 13.7 Å². The summed E-state index contributed by atoms with van der Waals surface area (Å²) in [5.74, 6) is -0.723. The SMILES string of the molecule is COC(=O)C(CCCCN)N(C(=O)OCc1ccccc1)C(=O)OC(C)(C)C. The van der Waals surface area contributed by atoms with Gasteiger partial charge < -0.3 is 19.9 Å². The Morgan fingerprint density at radius 2 is 1.71 bits per heavy atom. The lowest BCUT2D eigenvalue weighted by Crippen LogP contribution is -2.51. The van der Waals surface area contributed by atoms with Crippen molar-refractivity contribution in [1.29, 1.82) is 0 Å². The molecule has 0 radical (unpaired) electrons. The Labute approximate surface area is 165 Å². The highest BCUT2D eigenvalue weighted by Gasteiger charge is 2.39. The smallest absolute Gasteiger partial charge is 0.420 e. The molecule has 1 rings (SSSR count). The van der Waals surface area contributed by atoms with E-state index in [1.165, 1.54) is 7.11 Å². The number of carbonyl (C=O) groups excluding carboxylic acids is 3. The van der Waals surface area contributed by atoms with E-state index in [4.69, 9.17) is 19.9 Å². The number of esters is 1. The molecule has 1 aromatic rings. The van der Waals surface area contributed by atoms with Gasteiger partial charge in [-0.15, -0.1) is 0 Å². The van der Waals surface area contributed by atoms with Crippen LogP contribution in [0.3, 0.4) is 0 Å². The molecule has 1 aromatic carbocycles. The van der Waals surface area contributed by atoms with Crippen LogP contribution in [0.2, 0.25) is 0 Å². The standard InChI is InChI=1S/C20H30N2O6/c1-20(2,3)28-19(25)22(16(17(23)26-4)12-8-9-13-21)18(24)27-14-15-10-6-5-7-11-15/h5-7,10-11,16H,8-9,12-14,21H2,1-4H3. The van der Waals surface area contributed by atoms with E-state index in [2.05, 4.69) is 0 Å². The predicted octanol–water partition coefficient (Wildman–Crippen LogP) is 3.23. The lowest BCUT2D eigenvalue weighted by molar-refractivity contribution is -0.146. The number of methoxy groups -OCH3 is 1. The van der Waals surface area contributed by atoms with Crippen molar-refractivity contribution in [3.05, 3.63) is 35.9 Å². The molecule has 0 bridgehead atoms. The molecule has 8 nitrogen and oxygen atoms in total. The number of nitrogens with two attached hydrogens (primary N) is 1. The molecule has 0 spiro atoms. The van der Waals surface area contributed by atoms with E-state index in [1.807, 2.05) is 6.07 Å². The molecular weight excluding hydrogens is 364 g/mol. The number of unbranched alkanes of at least 4 members (excludes halogenated alkanes) is 1. The van der Waals surface area contributed by atoms with Crippen LogP contribution in [0, 0.1) is 0 Å². The minimum Gasteiger partial charge on any atom is -0.467 e. The second-order valence-electron chi connectivity index (χ2n) is 7.21. The molecule has 1 atom stereocenters. The molecule has 0 aliphatic heterocycles. The third-order valence-corrected chi connectivity index (χ3v) is 3.71. The van der Waals surface area contributed by atoms with Crippen LogP contribution in [-0.2, 0) is 25.6 Å². The number of hydrogen-bond acceptors (Lipinski definition) is 7. The van der Waals surface area contributed by atoms with Gasteiger partial charge in [-0.05, 0) is 52.1 Å². The Morgan fingerprint density at radius 3 is 2.25 bits per heavy atom. The maximum Gasteiger partial charge on any atom is 0.420 e. The van der Waals surface area contributed by atoms with Gasteiger partial charge in [0.05, 0.1) is 7.11 Å². The van der Waals surface area contributed by atoms with E-state index in [-0.39, 0.29) is 13.0 Å². The van der Waals surface area contributed by atoms with Gasteiger partial charge in [-0.2, -0.15) is 4.90 Å². The normalized spacial score (nSPS) is 12.0. The first-order valence-corrected chi connectivity index (χ1v) is 9.20. The molecule has 0 aliphatic carbocycles. The summed E-state index contributed by atoms with van der Waals surface area (Å²) in [5, 5.41) is 0. The summed E-state index contributed by atoms with van der Waals surface area (Å²) in [5.41, 5.74) is 5.40. The summed E-state index contributed by atoms with van der Waals surface area (Å²) in [6, 6.07) is 7.85. The van der Waals surface area contributed by atoms with E-state index in [0.717, 1.165) is 5.56 Å². The molecule has 28 heavy (non-hydrogen) atoms. The largest absolute Gasteiger partial charge is 0.467 e. The summed E-state index contributed by atoms with van der Waals surface area (Å²) in [4.78, 5) is 38.4. The van der Waals surface area contributed by atoms with Crippen molar-refractivity contribution in [1.82, 2.24) is 4.90 Å². The first kappa shape index (κ1) is 23.4. The lowest BCUT2D eigenvalue weighted by Gasteiger charge is -2.30. The van der Waals surface area contributed by atoms with Gasteiger partial charge in [-0.1, -0.05) is 30.3 Å². The van der Waals surface area contributed by atoms with E-state index in [0.29, 0.717) is 24.3 Å². The molecular formula is C20H30N2O6. The Kier molecular flexibility index (Phi) is 9.44. The van der Waals surface area contributed by atoms with Crippen molar-refractivity contribution < 1.29 is 28.6 Å². The van der Waals surface area contributed by atoms with Gasteiger partial charge in [-0.3, -0.25) is 0 Å². The maximum absolute atomic E-state index is 12.7. The molecule has 0 saturated carbocycles. The van der Waals surface area contributed by atoms with Crippen LogP contribution in [0.25, 0.3) is 0 Å². The van der Waals surface area contributed by atoms with Gasteiger partial charge in [0.1, 0.15) is 18.2 Å². The van der Waals surface area contributed by atoms with Crippen LogP contribution in [0.15, 0.2) is 30.3 Å². The maximum atomic E-state index is 12.7. The van der Waals surface area contributed by atoms with Crippen molar-refractivity contribution in [2.24, 2.45) is 5.73 Å². The minimum absolute atomic E-state index is 0.0460. The zero-order chi connectivity index (χ0) is 21.2. The van der Waals surface area contributed by atoms with Crippen LogP contribution in [0.4, 0.5) is 9.59 Å². The van der Waals surface area contributed by atoms with Crippen molar-refractivity contribution in [2.45, 2.75) is 58.3 Å². The van der Waals surface area contributed by atoms with Crippen LogP contribution >= 0.6 is 0 Å². The van der Waals surface area contributed by atoms with Crippen molar-refractivity contribution in [3.8, 4) is 0 Å².